The summed E-state index contributed by atoms with van der Waals surface area (Å²) in [6.45, 7) is 9.26. The van der Waals surface area contributed by atoms with Crippen molar-refractivity contribution in [2.24, 2.45) is 12.8 Å². The number of pyridine rings is 2. The molecule has 0 unspecified atom stereocenters. The minimum absolute atomic E-state index is 0.0764. The molecule has 3 heterocycles. The van der Waals surface area contributed by atoms with Gasteiger partial charge in [-0.3, -0.25) is 9.78 Å². The Morgan fingerprint density at radius 1 is 1.25 bits per heavy atom. The summed E-state index contributed by atoms with van der Waals surface area (Å²) in [4.78, 5) is 22.7. The van der Waals surface area contributed by atoms with Gasteiger partial charge in [-0.2, -0.15) is 5.26 Å². The number of nitriles is 1. The number of benzene rings is 1. The van der Waals surface area contributed by atoms with E-state index in [0.29, 0.717) is 41.2 Å². The molecule has 0 spiro atoms. The predicted octanol–water partition coefficient (Wildman–Crippen LogP) is 3.60. The van der Waals surface area contributed by atoms with E-state index in [2.05, 4.69) is 9.83 Å². The Bertz CT molecular complexity index is 1330. The van der Waals surface area contributed by atoms with E-state index in [1.54, 1.807) is 31.6 Å². The van der Waals surface area contributed by atoms with Gasteiger partial charge in [-0.05, 0) is 47.7 Å². The van der Waals surface area contributed by atoms with E-state index in [4.69, 9.17) is 17.6 Å². The molecule has 8 heteroatoms. The number of nitrogens with two attached hydrogens (primary N) is 1. The summed E-state index contributed by atoms with van der Waals surface area (Å²) >= 11 is 0. The van der Waals surface area contributed by atoms with E-state index >= 15 is 0 Å². The van der Waals surface area contributed by atoms with Crippen LogP contribution in [0.1, 0.15) is 18.4 Å². The zero-order valence-electron chi connectivity index (χ0n) is 17.5. The molecule has 160 valence electrons. The Balaban J connectivity index is 1.97. The monoisotopic (exact) mass is 428 g/mol. The number of halogens is 1. The van der Waals surface area contributed by atoms with Crippen LogP contribution in [-0.2, 0) is 7.05 Å². The van der Waals surface area contributed by atoms with Crippen molar-refractivity contribution in [3.05, 3.63) is 75.9 Å². The van der Waals surface area contributed by atoms with E-state index in [0.717, 1.165) is 12.8 Å². The highest BCUT2D eigenvalue weighted by Crippen LogP contribution is 2.44. The predicted molar refractivity (Wildman–Crippen MR) is 121 cm³/mol. The molecule has 7 nitrogen and oxygen atoms in total. The summed E-state index contributed by atoms with van der Waals surface area (Å²) in [6, 6.07) is 9.43. The molecule has 1 saturated heterocycles. The minimum Gasteiger partial charge on any atom is -0.365 e. The summed E-state index contributed by atoms with van der Waals surface area (Å²) < 4.78 is 16.0. The van der Waals surface area contributed by atoms with Crippen LogP contribution in [0.15, 0.2) is 47.5 Å². The van der Waals surface area contributed by atoms with Crippen LogP contribution in [0.5, 0.6) is 0 Å². The first-order valence-corrected chi connectivity index (χ1v) is 10.2. The highest BCUT2D eigenvalue weighted by Gasteiger charge is 2.25. The Hall–Kier alpha value is -4.01. The zero-order chi connectivity index (χ0) is 22.8. The Kier molecular flexibility index (Phi) is 5.72. The highest BCUT2D eigenvalue weighted by molar-refractivity contribution is 5.96. The van der Waals surface area contributed by atoms with Crippen LogP contribution in [0.2, 0.25) is 0 Å². The van der Waals surface area contributed by atoms with Crippen molar-refractivity contribution >= 4 is 11.5 Å². The molecule has 2 aromatic heterocycles. The lowest BCUT2D eigenvalue weighted by molar-refractivity contribution is 0.499. The molecule has 0 atom stereocenters. The molecule has 1 aliphatic heterocycles. The molecule has 1 fully saturated rings. The normalized spacial score (nSPS) is 14.1. The number of aromatic nitrogens is 2. The maximum atomic E-state index is 14.5. The number of anilines is 1. The van der Waals surface area contributed by atoms with Gasteiger partial charge in [0.2, 0.25) is 5.69 Å². The first kappa shape index (κ1) is 21.2. The molecule has 2 N–H and O–H groups in total. The quantitative estimate of drug-likeness (QED) is 0.644. The van der Waals surface area contributed by atoms with E-state index in [1.165, 1.54) is 22.8 Å². The first-order chi connectivity index (χ1) is 15.4. The van der Waals surface area contributed by atoms with Gasteiger partial charge in [0.15, 0.2) is 0 Å². The van der Waals surface area contributed by atoms with Gasteiger partial charge in [0.1, 0.15) is 17.7 Å². The van der Waals surface area contributed by atoms with Crippen molar-refractivity contribution in [1.82, 2.24) is 9.55 Å². The minimum atomic E-state index is -0.668. The molecule has 0 amide bonds. The van der Waals surface area contributed by atoms with Crippen LogP contribution < -0.4 is 16.2 Å². The van der Waals surface area contributed by atoms with Crippen LogP contribution in [-0.4, -0.2) is 28.7 Å². The second-order valence-corrected chi connectivity index (χ2v) is 7.83. The third-order valence-corrected chi connectivity index (χ3v) is 5.78. The summed E-state index contributed by atoms with van der Waals surface area (Å²) in [5.41, 5.74) is 8.08. The first-order valence-electron chi connectivity index (χ1n) is 10.2. The van der Waals surface area contributed by atoms with Crippen LogP contribution >= 0.6 is 0 Å². The topological polar surface area (TPSA) is 92.3 Å². The highest BCUT2D eigenvalue weighted by atomic mass is 19.1. The average molecular weight is 428 g/mol. The van der Waals surface area contributed by atoms with E-state index in [1.807, 2.05) is 11.0 Å². The van der Waals surface area contributed by atoms with E-state index in [9.17, 15) is 9.18 Å². The summed E-state index contributed by atoms with van der Waals surface area (Å²) in [7, 11) is 1.65. The molecule has 3 aromatic rings. The molecule has 32 heavy (non-hydrogen) atoms. The third kappa shape index (κ3) is 3.84. The molecular weight excluding hydrogens is 407 g/mol. The number of hydrogen-bond acceptors (Lipinski definition) is 5. The van der Waals surface area contributed by atoms with Crippen molar-refractivity contribution in [1.29, 1.82) is 5.26 Å². The maximum Gasteiger partial charge on any atom is 0.250 e. The van der Waals surface area contributed by atoms with Crippen LogP contribution in [0.4, 0.5) is 15.9 Å². The lowest BCUT2D eigenvalue weighted by atomic mass is 9.94. The lowest BCUT2D eigenvalue weighted by Gasteiger charge is -2.32. The summed E-state index contributed by atoms with van der Waals surface area (Å²) in [5.74, 6) is -0.155. The van der Waals surface area contributed by atoms with E-state index in [-0.39, 0.29) is 22.9 Å². The molecule has 0 bridgehead atoms. The van der Waals surface area contributed by atoms with Crippen molar-refractivity contribution in [2.45, 2.75) is 18.9 Å². The Morgan fingerprint density at radius 3 is 2.62 bits per heavy atom. The van der Waals surface area contributed by atoms with Gasteiger partial charge in [0.05, 0.1) is 12.1 Å². The van der Waals surface area contributed by atoms with Crippen molar-refractivity contribution < 1.29 is 4.39 Å². The average Bonchev–Trinajstić information content (AvgIpc) is 2.80. The number of rotatable bonds is 3. The third-order valence-electron chi connectivity index (χ3n) is 5.78. The van der Waals surface area contributed by atoms with E-state index < -0.39 is 5.82 Å². The smallest absolute Gasteiger partial charge is 0.250 e. The maximum absolute atomic E-state index is 14.5. The molecule has 0 radical (unpaired) electrons. The largest absolute Gasteiger partial charge is 0.365 e. The number of hydrogen-bond donors (Lipinski definition) is 1. The molecule has 1 aliphatic rings. The fourth-order valence-electron chi connectivity index (χ4n) is 3.93. The standard InChI is InChI=1S/C24H21FN6O/c1-28-23-22(16-3-4-17(13-26)20(25)11-16)19(15-5-8-30(2)21(32)12-15)14-29-24(23)31-9-6-18(27)7-10-31/h3-5,8,11-12,14,18H,6-7,9-10,27H2,2H3. The number of nitrogens with zero attached hydrogens (tertiary/aromatic N) is 5. The molecule has 4 rings (SSSR count). The molecule has 0 aliphatic carbocycles. The van der Waals surface area contributed by atoms with Gasteiger partial charge in [0, 0.05) is 50.2 Å². The second-order valence-electron chi connectivity index (χ2n) is 7.83. The summed E-state index contributed by atoms with van der Waals surface area (Å²) in [6.07, 6.45) is 4.84. The van der Waals surface area contributed by atoms with Gasteiger partial charge >= 0.3 is 0 Å². The van der Waals surface area contributed by atoms with Gasteiger partial charge in [-0.1, -0.05) is 6.07 Å². The zero-order valence-corrected chi connectivity index (χ0v) is 17.5. The summed E-state index contributed by atoms with van der Waals surface area (Å²) in [5, 5.41) is 9.10. The Morgan fingerprint density at radius 2 is 2.00 bits per heavy atom. The molecule has 0 saturated carbocycles. The van der Waals surface area contributed by atoms with Gasteiger partial charge in [-0.15, -0.1) is 0 Å². The molecular formula is C24H21FN6O. The van der Waals surface area contributed by atoms with Crippen molar-refractivity contribution in [3.8, 4) is 28.3 Å². The SMILES string of the molecule is [C-]#[N+]c1c(N2CCC(N)CC2)ncc(-c2ccn(C)c(=O)c2)c1-c1ccc(C#N)c(F)c1. The van der Waals surface area contributed by atoms with Gasteiger partial charge in [0.25, 0.3) is 5.56 Å². The van der Waals surface area contributed by atoms with Crippen molar-refractivity contribution in [2.75, 3.05) is 18.0 Å². The fourth-order valence-corrected chi connectivity index (χ4v) is 3.93. The van der Waals surface area contributed by atoms with Crippen molar-refractivity contribution in [3.63, 3.8) is 0 Å². The fraction of sp³-hybridized carbons (Fsp3) is 0.250. The van der Waals surface area contributed by atoms with Gasteiger partial charge < -0.3 is 15.2 Å². The van der Waals surface area contributed by atoms with Crippen LogP contribution in [0.3, 0.4) is 0 Å². The van der Waals surface area contributed by atoms with Crippen LogP contribution in [0.25, 0.3) is 27.1 Å². The second kappa shape index (κ2) is 8.62. The lowest BCUT2D eigenvalue weighted by Crippen LogP contribution is -2.40. The Labute approximate surface area is 185 Å². The van der Waals surface area contributed by atoms with Gasteiger partial charge in [-0.25, -0.2) is 9.24 Å². The van der Waals surface area contributed by atoms with Crippen LogP contribution in [0, 0.1) is 23.7 Å². The number of piperidine rings is 1. The number of aryl methyl sites for hydroxylation is 1. The molecule has 1 aromatic carbocycles.